The summed E-state index contributed by atoms with van der Waals surface area (Å²) in [5.41, 5.74) is 6.03. The molecule has 2 aliphatic rings. The van der Waals surface area contributed by atoms with Crippen LogP contribution in [-0.4, -0.2) is 67.3 Å². The molecule has 4 heteroatoms. The Labute approximate surface area is 111 Å². The predicted molar refractivity (Wildman–Crippen MR) is 74.7 cm³/mol. The average molecular weight is 255 g/mol. The van der Waals surface area contributed by atoms with Crippen LogP contribution >= 0.6 is 0 Å². The molecule has 2 heterocycles. The normalized spacial score (nSPS) is 33.3. The Morgan fingerprint density at radius 3 is 2.67 bits per heavy atom. The number of hydrogen-bond acceptors (Lipinski definition) is 4. The van der Waals surface area contributed by atoms with Gasteiger partial charge in [0.1, 0.15) is 0 Å². The van der Waals surface area contributed by atoms with E-state index in [9.17, 15) is 0 Å². The molecular formula is C14H29N3O. The van der Waals surface area contributed by atoms with E-state index in [4.69, 9.17) is 10.5 Å². The summed E-state index contributed by atoms with van der Waals surface area (Å²) < 4.78 is 5.66. The van der Waals surface area contributed by atoms with Crippen LogP contribution in [0.4, 0.5) is 0 Å². The fourth-order valence-electron chi connectivity index (χ4n) is 3.40. The lowest BCUT2D eigenvalue weighted by molar-refractivity contribution is 0.00618. The maximum Gasteiger partial charge on any atom is 0.0659 e. The fraction of sp³-hybridized carbons (Fsp3) is 1.00. The summed E-state index contributed by atoms with van der Waals surface area (Å²) in [7, 11) is 2.29. The van der Waals surface area contributed by atoms with E-state index >= 15 is 0 Å². The number of likely N-dealkylation sites (tertiary alicyclic amines) is 1. The molecule has 2 saturated heterocycles. The van der Waals surface area contributed by atoms with Gasteiger partial charge >= 0.3 is 0 Å². The van der Waals surface area contributed by atoms with Crippen molar-refractivity contribution in [2.45, 2.75) is 50.7 Å². The number of fused-ring (bicyclic) bond motifs is 2. The summed E-state index contributed by atoms with van der Waals surface area (Å²) >= 11 is 0. The first-order chi connectivity index (χ1) is 8.60. The zero-order chi connectivity index (χ0) is 13.2. The maximum atomic E-state index is 6.03. The molecule has 2 N–H and O–H groups in total. The molecule has 18 heavy (non-hydrogen) atoms. The molecule has 4 nitrogen and oxygen atoms in total. The van der Waals surface area contributed by atoms with Crippen LogP contribution in [0, 0.1) is 0 Å². The topological polar surface area (TPSA) is 41.7 Å². The third-order valence-corrected chi connectivity index (χ3v) is 4.97. The lowest BCUT2D eigenvalue weighted by atomic mass is 9.98. The van der Waals surface area contributed by atoms with Crippen molar-refractivity contribution in [1.29, 1.82) is 0 Å². The van der Waals surface area contributed by atoms with Crippen LogP contribution in [0.5, 0.6) is 0 Å². The molecule has 0 aromatic rings. The van der Waals surface area contributed by atoms with Crippen molar-refractivity contribution in [3.05, 3.63) is 0 Å². The van der Waals surface area contributed by atoms with E-state index in [-0.39, 0.29) is 5.54 Å². The molecule has 3 unspecified atom stereocenters. The minimum atomic E-state index is 0.00132. The maximum absolute atomic E-state index is 6.03. The lowest BCUT2D eigenvalue weighted by Crippen LogP contribution is -2.57. The molecular weight excluding hydrogens is 226 g/mol. The Hall–Kier alpha value is -0.160. The van der Waals surface area contributed by atoms with Gasteiger partial charge in [0.15, 0.2) is 0 Å². The molecule has 0 aromatic carbocycles. The van der Waals surface area contributed by atoms with Crippen LogP contribution in [0.1, 0.15) is 33.1 Å². The Morgan fingerprint density at radius 2 is 2.00 bits per heavy atom. The highest BCUT2D eigenvalue weighted by Crippen LogP contribution is 2.31. The largest absolute Gasteiger partial charge is 0.380 e. The van der Waals surface area contributed by atoms with Gasteiger partial charge in [-0.3, -0.25) is 9.80 Å². The first-order valence-electron chi connectivity index (χ1n) is 7.35. The number of rotatable bonds is 5. The van der Waals surface area contributed by atoms with Gasteiger partial charge in [0.25, 0.3) is 0 Å². The lowest BCUT2D eigenvalue weighted by Gasteiger charge is -2.41. The number of nitrogens with zero attached hydrogens (tertiary/aromatic N) is 2. The molecule has 0 amide bonds. The van der Waals surface area contributed by atoms with Crippen LogP contribution < -0.4 is 5.73 Å². The standard InChI is InChI=1S/C14H29N3O/c1-4-18-11-14(2,10-15)17-8-7-12-5-6-13(9-17)16(12)3/h12-13H,4-11,15H2,1-3H3. The molecule has 0 aliphatic carbocycles. The van der Waals surface area contributed by atoms with E-state index in [1.54, 1.807) is 0 Å². The smallest absolute Gasteiger partial charge is 0.0659 e. The highest BCUT2D eigenvalue weighted by atomic mass is 16.5. The van der Waals surface area contributed by atoms with Crippen molar-refractivity contribution in [1.82, 2.24) is 9.80 Å². The number of hydrogen-bond donors (Lipinski definition) is 1. The molecule has 3 atom stereocenters. The summed E-state index contributed by atoms with van der Waals surface area (Å²) in [6.07, 6.45) is 3.99. The Bertz CT molecular complexity index is 274. The molecule has 2 rings (SSSR count). The minimum Gasteiger partial charge on any atom is -0.380 e. The van der Waals surface area contributed by atoms with Crippen molar-refractivity contribution in [2.24, 2.45) is 5.73 Å². The fourth-order valence-corrected chi connectivity index (χ4v) is 3.40. The SMILES string of the molecule is CCOCC(C)(CN)N1CCC2CCC(C1)N2C. The van der Waals surface area contributed by atoms with E-state index in [2.05, 4.69) is 30.7 Å². The third kappa shape index (κ3) is 2.72. The number of likely N-dealkylation sites (N-methyl/N-ethyl adjacent to an activating group) is 1. The molecule has 0 spiro atoms. The summed E-state index contributed by atoms with van der Waals surface area (Å²) in [5.74, 6) is 0. The molecule has 2 bridgehead atoms. The zero-order valence-corrected chi connectivity index (χ0v) is 12.2. The van der Waals surface area contributed by atoms with Crippen LogP contribution in [0.15, 0.2) is 0 Å². The van der Waals surface area contributed by atoms with Gasteiger partial charge in [-0.2, -0.15) is 0 Å². The highest BCUT2D eigenvalue weighted by molar-refractivity contribution is 4.97. The number of nitrogens with two attached hydrogens (primary N) is 1. The molecule has 0 saturated carbocycles. The van der Waals surface area contributed by atoms with Crippen molar-refractivity contribution >= 4 is 0 Å². The van der Waals surface area contributed by atoms with Gasteiger partial charge in [-0.1, -0.05) is 0 Å². The summed E-state index contributed by atoms with van der Waals surface area (Å²) in [6.45, 7) is 8.81. The van der Waals surface area contributed by atoms with Crippen LogP contribution in [0.2, 0.25) is 0 Å². The number of ether oxygens (including phenoxy) is 1. The van der Waals surface area contributed by atoms with Crippen molar-refractivity contribution < 1.29 is 4.74 Å². The van der Waals surface area contributed by atoms with Gasteiger partial charge in [-0.05, 0) is 40.2 Å². The van der Waals surface area contributed by atoms with Gasteiger partial charge in [0, 0.05) is 38.3 Å². The summed E-state index contributed by atoms with van der Waals surface area (Å²) in [5, 5.41) is 0. The highest BCUT2D eigenvalue weighted by Gasteiger charge is 2.40. The van der Waals surface area contributed by atoms with Gasteiger partial charge in [-0.15, -0.1) is 0 Å². The summed E-state index contributed by atoms with van der Waals surface area (Å²) in [4.78, 5) is 5.15. The molecule has 0 radical (unpaired) electrons. The third-order valence-electron chi connectivity index (χ3n) is 4.97. The van der Waals surface area contributed by atoms with E-state index in [1.807, 2.05) is 0 Å². The predicted octanol–water partition coefficient (Wildman–Crippen LogP) is 0.909. The molecule has 2 aliphatic heterocycles. The van der Waals surface area contributed by atoms with Crippen LogP contribution in [0.3, 0.4) is 0 Å². The van der Waals surface area contributed by atoms with Gasteiger partial charge in [0.2, 0.25) is 0 Å². The van der Waals surface area contributed by atoms with E-state index in [0.29, 0.717) is 12.6 Å². The van der Waals surface area contributed by atoms with Crippen molar-refractivity contribution in [3.8, 4) is 0 Å². The van der Waals surface area contributed by atoms with Gasteiger partial charge < -0.3 is 10.5 Å². The Morgan fingerprint density at radius 1 is 1.28 bits per heavy atom. The first kappa shape index (κ1) is 14.3. The first-order valence-corrected chi connectivity index (χ1v) is 7.35. The summed E-state index contributed by atoms with van der Waals surface area (Å²) in [6, 6.07) is 1.50. The van der Waals surface area contributed by atoms with Crippen LogP contribution in [-0.2, 0) is 4.74 Å². The quantitative estimate of drug-likeness (QED) is 0.793. The van der Waals surface area contributed by atoms with E-state index < -0.39 is 0 Å². The average Bonchev–Trinajstić information content (AvgIpc) is 2.60. The van der Waals surface area contributed by atoms with Gasteiger partial charge in [-0.25, -0.2) is 0 Å². The molecule has 106 valence electrons. The van der Waals surface area contributed by atoms with Crippen molar-refractivity contribution in [3.63, 3.8) is 0 Å². The van der Waals surface area contributed by atoms with Gasteiger partial charge in [0.05, 0.1) is 12.1 Å². The zero-order valence-electron chi connectivity index (χ0n) is 12.2. The minimum absolute atomic E-state index is 0.00132. The second-order valence-electron chi connectivity index (χ2n) is 6.12. The van der Waals surface area contributed by atoms with Crippen LogP contribution in [0.25, 0.3) is 0 Å². The second-order valence-corrected chi connectivity index (χ2v) is 6.12. The Kier molecular flexibility index (Phi) is 4.64. The monoisotopic (exact) mass is 255 g/mol. The molecule has 2 fully saturated rings. The Balaban J connectivity index is 2.03. The van der Waals surface area contributed by atoms with E-state index in [1.165, 1.54) is 19.3 Å². The van der Waals surface area contributed by atoms with E-state index in [0.717, 1.165) is 32.3 Å². The molecule has 0 aromatic heterocycles. The van der Waals surface area contributed by atoms with Crippen molar-refractivity contribution in [2.75, 3.05) is 39.9 Å². The second kappa shape index (κ2) is 5.87.